The average Bonchev–Trinajstić information content (AvgIpc) is 2.68. The lowest BCUT2D eigenvalue weighted by atomic mass is 10.1. The molecule has 28 heavy (non-hydrogen) atoms. The molecule has 0 aromatic heterocycles. The molecule has 0 saturated carbocycles. The Bertz CT molecular complexity index is 731. The molecule has 1 heterocycles. The summed E-state index contributed by atoms with van der Waals surface area (Å²) in [6, 6.07) is 5.96. The van der Waals surface area contributed by atoms with E-state index in [1.807, 2.05) is 6.92 Å². The zero-order chi connectivity index (χ0) is 20.5. The predicted octanol–water partition coefficient (Wildman–Crippen LogP) is 0.670. The van der Waals surface area contributed by atoms with Gasteiger partial charge in [-0.3, -0.25) is 19.9 Å². The number of rotatable bonds is 10. The summed E-state index contributed by atoms with van der Waals surface area (Å²) in [6.45, 7) is 10.1. The Morgan fingerprint density at radius 3 is 2.57 bits per heavy atom. The van der Waals surface area contributed by atoms with Crippen molar-refractivity contribution in [1.82, 2.24) is 5.32 Å². The van der Waals surface area contributed by atoms with Crippen LogP contribution in [0.2, 0.25) is 0 Å². The number of hydrogen-bond acceptors (Lipinski definition) is 5. The second kappa shape index (κ2) is 10.6. The number of benzene rings is 1. The van der Waals surface area contributed by atoms with Gasteiger partial charge in [-0.1, -0.05) is 12.1 Å². The summed E-state index contributed by atoms with van der Waals surface area (Å²) < 4.78 is 5.51. The summed E-state index contributed by atoms with van der Waals surface area (Å²) >= 11 is 0. The lowest BCUT2D eigenvalue weighted by molar-refractivity contribution is -0.896. The van der Waals surface area contributed by atoms with Gasteiger partial charge < -0.3 is 9.64 Å². The second-order valence-corrected chi connectivity index (χ2v) is 6.46. The fraction of sp³-hybridized carbons (Fsp3) is 0.500. The second-order valence-electron chi connectivity index (χ2n) is 6.46. The van der Waals surface area contributed by atoms with Crippen molar-refractivity contribution in [2.24, 2.45) is 10.9 Å². The molecule has 1 aromatic carbocycles. The molecule has 152 valence electrons. The summed E-state index contributed by atoms with van der Waals surface area (Å²) in [5, 5.41) is 2.23. The lowest BCUT2D eigenvalue weighted by Crippen LogP contribution is -3.11. The predicted molar refractivity (Wildman–Crippen MR) is 107 cm³/mol. The molecule has 1 aromatic rings. The number of carbonyl (C=O) groups excluding carboxylic acids is 3. The Balaban J connectivity index is 2.10. The van der Waals surface area contributed by atoms with Gasteiger partial charge in [-0.15, -0.1) is 0 Å². The molecule has 2 rings (SSSR count). The fourth-order valence-electron chi connectivity index (χ4n) is 3.07. The van der Waals surface area contributed by atoms with Crippen LogP contribution >= 0.6 is 0 Å². The molecule has 0 aliphatic carbocycles. The van der Waals surface area contributed by atoms with Crippen molar-refractivity contribution in [3.05, 3.63) is 24.3 Å². The number of barbiturate groups is 1. The number of anilines is 1. The van der Waals surface area contributed by atoms with Crippen LogP contribution in [0.25, 0.3) is 0 Å². The molecule has 8 nitrogen and oxygen atoms in total. The minimum absolute atomic E-state index is 0.308. The number of nitrogens with one attached hydrogen (secondary N) is 2. The summed E-state index contributed by atoms with van der Waals surface area (Å²) in [6.07, 6.45) is 2.21. The normalized spacial score (nSPS) is 17.5. The number of aliphatic imine (C=N–C) groups is 1. The third-order valence-electron chi connectivity index (χ3n) is 4.68. The smallest absolute Gasteiger partial charge is 0.335 e. The van der Waals surface area contributed by atoms with E-state index in [1.165, 1.54) is 11.1 Å². The molecule has 1 unspecified atom stereocenters. The number of urea groups is 1. The summed E-state index contributed by atoms with van der Waals surface area (Å²) in [5.41, 5.74) is 0.308. The van der Waals surface area contributed by atoms with Crippen LogP contribution in [0.15, 0.2) is 29.3 Å². The Morgan fingerprint density at radius 1 is 1.18 bits per heavy atom. The summed E-state index contributed by atoms with van der Waals surface area (Å²) in [7, 11) is 0. The first-order valence-electron chi connectivity index (χ1n) is 9.77. The molecule has 1 fully saturated rings. The number of carbonyl (C=O) groups is 3. The fourth-order valence-corrected chi connectivity index (χ4v) is 3.07. The van der Waals surface area contributed by atoms with Gasteiger partial charge in [0.1, 0.15) is 5.75 Å². The minimum Gasteiger partial charge on any atom is -0.492 e. The van der Waals surface area contributed by atoms with Crippen molar-refractivity contribution < 1.29 is 24.0 Å². The third kappa shape index (κ3) is 5.16. The van der Waals surface area contributed by atoms with Gasteiger partial charge in [0.15, 0.2) is 5.92 Å². The maximum Gasteiger partial charge on any atom is 0.335 e. The zero-order valence-corrected chi connectivity index (χ0v) is 16.7. The zero-order valence-electron chi connectivity index (χ0n) is 16.7. The van der Waals surface area contributed by atoms with E-state index >= 15 is 0 Å². The highest BCUT2D eigenvalue weighted by Gasteiger charge is 2.41. The van der Waals surface area contributed by atoms with E-state index in [0.29, 0.717) is 24.6 Å². The van der Waals surface area contributed by atoms with Crippen molar-refractivity contribution in [2.75, 3.05) is 37.7 Å². The number of amides is 4. The van der Waals surface area contributed by atoms with Gasteiger partial charge in [0.25, 0.3) is 5.91 Å². The van der Waals surface area contributed by atoms with E-state index in [0.717, 1.165) is 31.0 Å². The van der Waals surface area contributed by atoms with Gasteiger partial charge in [0, 0.05) is 19.2 Å². The lowest BCUT2D eigenvalue weighted by Gasteiger charge is -2.29. The van der Waals surface area contributed by atoms with Crippen LogP contribution in [0.1, 0.15) is 27.2 Å². The topological polar surface area (TPSA) is 92.5 Å². The van der Waals surface area contributed by atoms with Gasteiger partial charge in [-0.05, 0) is 32.9 Å². The number of hydrogen-bond donors (Lipinski definition) is 2. The summed E-state index contributed by atoms with van der Waals surface area (Å²) in [4.78, 5) is 44.0. The van der Waals surface area contributed by atoms with Crippen LogP contribution < -0.4 is 19.9 Å². The minimum atomic E-state index is -1.13. The highest BCUT2D eigenvalue weighted by molar-refractivity contribution is 6.32. The van der Waals surface area contributed by atoms with E-state index in [2.05, 4.69) is 24.2 Å². The Morgan fingerprint density at radius 2 is 1.89 bits per heavy atom. The molecule has 4 amide bonds. The molecule has 1 aliphatic rings. The first-order valence-corrected chi connectivity index (χ1v) is 9.77. The monoisotopic (exact) mass is 389 g/mol. The van der Waals surface area contributed by atoms with Crippen LogP contribution in [-0.4, -0.2) is 56.8 Å². The largest absolute Gasteiger partial charge is 0.492 e. The van der Waals surface area contributed by atoms with Gasteiger partial charge in [0.05, 0.1) is 31.9 Å². The van der Waals surface area contributed by atoms with Gasteiger partial charge >= 0.3 is 6.03 Å². The quantitative estimate of drug-likeness (QED) is 0.349. The molecule has 0 bridgehead atoms. The average molecular weight is 389 g/mol. The number of imide groups is 2. The number of nitrogens with zero attached hydrogens (tertiary/aromatic N) is 2. The SMILES string of the molecule is CCOc1ccccc1N1C(=O)NC(=O)C(C=NCCC[NH+](CC)CC)C1=O. The maximum absolute atomic E-state index is 12.9. The van der Waals surface area contributed by atoms with E-state index < -0.39 is 23.8 Å². The number of para-hydroxylation sites is 2. The van der Waals surface area contributed by atoms with Crippen molar-refractivity contribution in [3.63, 3.8) is 0 Å². The van der Waals surface area contributed by atoms with Crippen molar-refractivity contribution in [1.29, 1.82) is 0 Å². The first kappa shape index (κ1) is 21.6. The Hall–Kier alpha value is -2.74. The number of ether oxygens (including phenoxy) is 1. The van der Waals surface area contributed by atoms with Crippen LogP contribution in [0.5, 0.6) is 5.75 Å². The highest BCUT2D eigenvalue weighted by atomic mass is 16.5. The number of quaternary nitrogens is 1. The molecular weight excluding hydrogens is 360 g/mol. The molecule has 2 N–H and O–H groups in total. The standard InChI is InChI=1S/C20H28N4O4/c1-4-23(5-2)13-9-12-21-14-15-18(25)22-20(27)24(19(15)26)16-10-7-8-11-17(16)28-6-3/h7-8,10-11,14-15H,4-6,9,12-13H2,1-3H3,(H,22,25,27)/p+1. The van der Waals surface area contributed by atoms with Crippen LogP contribution in [0, 0.1) is 5.92 Å². The molecule has 1 atom stereocenters. The van der Waals surface area contributed by atoms with Crippen molar-refractivity contribution >= 4 is 29.7 Å². The molecule has 1 saturated heterocycles. The van der Waals surface area contributed by atoms with Crippen molar-refractivity contribution in [2.45, 2.75) is 27.2 Å². The Labute approximate surface area is 165 Å². The van der Waals surface area contributed by atoms with Crippen LogP contribution in [-0.2, 0) is 9.59 Å². The highest BCUT2D eigenvalue weighted by Crippen LogP contribution is 2.30. The molecular formula is C20H29N4O4+. The molecule has 1 aliphatic heterocycles. The first-order chi connectivity index (χ1) is 13.5. The molecule has 0 spiro atoms. The van der Waals surface area contributed by atoms with E-state index in [9.17, 15) is 14.4 Å². The van der Waals surface area contributed by atoms with Gasteiger partial charge in [0.2, 0.25) is 5.91 Å². The van der Waals surface area contributed by atoms with E-state index in [-0.39, 0.29) is 0 Å². The van der Waals surface area contributed by atoms with Crippen LogP contribution in [0.4, 0.5) is 10.5 Å². The van der Waals surface area contributed by atoms with E-state index in [4.69, 9.17) is 4.74 Å². The summed E-state index contributed by atoms with van der Waals surface area (Å²) in [5.74, 6) is -2.01. The molecule has 0 radical (unpaired) electrons. The Kier molecular flexibility index (Phi) is 8.13. The van der Waals surface area contributed by atoms with E-state index in [1.54, 1.807) is 24.3 Å². The van der Waals surface area contributed by atoms with Gasteiger partial charge in [-0.25, -0.2) is 9.69 Å². The third-order valence-corrected chi connectivity index (χ3v) is 4.68. The molecule has 8 heteroatoms. The maximum atomic E-state index is 12.9. The van der Waals surface area contributed by atoms with Crippen LogP contribution in [0.3, 0.4) is 0 Å². The van der Waals surface area contributed by atoms with Gasteiger partial charge in [-0.2, -0.15) is 0 Å². The van der Waals surface area contributed by atoms with Crippen molar-refractivity contribution in [3.8, 4) is 5.75 Å².